The molecule has 1 N–H and O–H groups in total. The van der Waals surface area contributed by atoms with Gasteiger partial charge < -0.3 is 5.11 Å². The molecule has 0 aromatic heterocycles. The molecule has 1 aromatic rings. The Morgan fingerprint density at radius 1 is 1.46 bits per heavy atom. The van der Waals surface area contributed by atoms with E-state index >= 15 is 0 Å². The quantitative estimate of drug-likeness (QED) is 0.810. The largest absolute Gasteiger partial charge is 0.374 e. The molecule has 2 nitrogen and oxygen atoms in total. The summed E-state index contributed by atoms with van der Waals surface area (Å²) >= 11 is 3.22. The fourth-order valence-corrected chi connectivity index (χ4v) is 1.37. The molecule has 0 heterocycles. The predicted molar refractivity (Wildman–Crippen MR) is 52.7 cm³/mol. The Balaban J connectivity index is 3.05. The van der Waals surface area contributed by atoms with Gasteiger partial charge in [-0.3, -0.25) is 4.90 Å². The lowest BCUT2D eigenvalue weighted by Gasteiger charge is -2.19. The van der Waals surface area contributed by atoms with Gasteiger partial charge in [-0.15, -0.1) is 0 Å². The molecule has 1 rings (SSSR count). The molecule has 0 saturated heterocycles. The maximum absolute atomic E-state index is 13.2. The van der Waals surface area contributed by atoms with E-state index in [1.165, 1.54) is 11.0 Å². The minimum Gasteiger partial charge on any atom is -0.374 e. The summed E-state index contributed by atoms with van der Waals surface area (Å²) in [6, 6.07) is 4.49. The summed E-state index contributed by atoms with van der Waals surface area (Å²) in [6.45, 7) is 0. The minimum atomic E-state index is -0.905. The minimum absolute atomic E-state index is 0.277. The Morgan fingerprint density at radius 3 is 2.62 bits per heavy atom. The monoisotopic (exact) mass is 247 g/mol. The van der Waals surface area contributed by atoms with Crippen molar-refractivity contribution in [3.8, 4) is 0 Å². The summed E-state index contributed by atoms with van der Waals surface area (Å²) < 4.78 is 13.9. The van der Waals surface area contributed by atoms with Gasteiger partial charge in [-0.05, 0) is 32.3 Å². The first-order valence-electron chi connectivity index (χ1n) is 3.82. The van der Waals surface area contributed by atoms with E-state index in [1.807, 2.05) is 0 Å². The van der Waals surface area contributed by atoms with Crippen molar-refractivity contribution in [2.24, 2.45) is 0 Å². The van der Waals surface area contributed by atoms with Crippen LogP contribution >= 0.6 is 15.9 Å². The molecule has 0 spiro atoms. The number of benzene rings is 1. The van der Waals surface area contributed by atoms with Gasteiger partial charge in [0.1, 0.15) is 12.0 Å². The number of hydrogen-bond donors (Lipinski definition) is 1. The summed E-state index contributed by atoms with van der Waals surface area (Å²) in [6.07, 6.45) is -0.905. The maximum atomic E-state index is 13.2. The molecule has 0 aliphatic rings. The van der Waals surface area contributed by atoms with Crippen LogP contribution in [0.1, 0.15) is 11.8 Å². The van der Waals surface area contributed by atoms with Crippen molar-refractivity contribution in [1.82, 2.24) is 4.90 Å². The van der Waals surface area contributed by atoms with E-state index < -0.39 is 12.0 Å². The van der Waals surface area contributed by atoms with Crippen molar-refractivity contribution in [1.29, 1.82) is 0 Å². The van der Waals surface area contributed by atoms with Crippen molar-refractivity contribution in [2.45, 2.75) is 6.23 Å². The lowest BCUT2D eigenvalue weighted by molar-refractivity contribution is 0.0364. The third kappa shape index (κ3) is 2.49. The molecule has 0 radical (unpaired) electrons. The predicted octanol–water partition coefficient (Wildman–Crippen LogP) is 2.14. The van der Waals surface area contributed by atoms with Crippen molar-refractivity contribution in [3.05, 3.63) is 34.1 Å². The van der Waals surface area contributed by atoms with E-state index in [0.717, 1.165) is 4.47 Å². The molecular weight excluding hydrogens is 237 g/mol. The fourth-order valence-electron chi connectivity index (χ4n) is 0.991. The lowest BCUT2D eigenvalue weighted by Crippen LogP contribution is -2.20. The van der Waals surface area contributed by atoms with Gasteiger partial charge in [0, 0.05) is 10.0 Å². The van der Waals surface area contributed by atoms with Crippen molar-refractivity contribution >= 4 is 15.9 Å². The number of rotatable bonds is 2. The van der Waals surface area contributed by atoms with Gasteiger partial charge in [-0.25, -0.2) is 4.39 Å². The first-order chi connectivity index (χ1) is 6.02. The summed E-state index contributed by atoms with van der Waals surface area (Å²) in [7, 11) is 3.37. The number of aliphatic hydroxyl groups excluding tert-OH is 1. The first kappa shape index (κ1) is 10.6. The van der Waals surface area contributed by atoms with E-state index in [9.17, 15) is 9.50 Å². The van der Waals surface area contributed by atoms with Crippen LogP contribution in [0.5, 0.6) is 0 Å². The Morgan fingerprint density at radius 2 is 2.08 bits per heavy atom. The normalized spacial score (nSPS) is 13.4. The maximum Gasteiger partial charge on any atom is 0.135 e. The molecule has 0 fully saturated rings. The molecule has 0 bridgehead atoms. The van der Waals surface area contributed by atoms with Crippen LogP contribution in [-0.4, -0.2) is 24.1 Å². The molecule has 4 heteroatoms. The third-order valence-electron chi connectivity index (χ3n) is 1.73. The van der Waals surface area contributed by atoms with Gasteiger partial charge in [0.15, 0.2) is 0 Å². The molecule has 72 valence electrons. The van der Waals surface area contributed by atoms with E-state index in [4.69, 9.17) is 0 Å². The lowest BCUT2D eigenvalue weighted by atomic mass is 10.2. The fraction of sp³-hybridized carbons (Fsp3) is 0.333. The summed E-state index contributed by atoms with van der Waals surface area (Å²) in [5.74, 6) is -0.399. The Bertz CT molecular complexity index is 304. The van der Waals surface area contributed by atoms with Crippen LogP contribution in [0.3, 0.4) is 0 Å². The molecule has 1 aromatic carbocycles. The van der Waals surface area contributed by atoms with Crippen LogP contribution in [-0.2, 0) is 0 Å². The van der Waals surface area contributed by atoms with Crippen LogP contribution in [0, 0.1) is 5.82 Å². The topological polar surface area (TPSA) is 23.5 Å². The van der Waals surface area contributed by atoms with Gasteiger partial charge in [0.05, 0.1) is 0 Å². The molecule has 1 atom stereocenters. The Hall–Kier alpha value is -0.450. The van der Waals surface area contributed by atoms with Gasteiger partial charge in [-0.2, -0.15) is 0 Å². The second kappa shape index (κ2) is 4.17. The average molecular weight is 248 g/mol. The molecule has 13 heavy (non-hydrogen) atoms. The van der Waals surface area contributed by atoms with Crippen molar-refractivity contribution in [3.63, 3.8) is 0 Å². The van der Waals surface area contributed by atoms with E-state index in [0.29, 0.717) is 0 Å². The van der Waals surface area contributed by atoms with Crippen LogP contribution in [0.4, 0.5) is 4.39 Å². The zero-order chi connectivity index (χ0) is 10.0. The van der Waals surface area contributed by atoms with Crippen LogP contribution < -0.4 is 0 Å². The smallest absolute Gasteiger partial charge is 0.135 e. The second-order valence-electron chi connectivity index (χ2n) is 3.00. The summed E-state index contributed by atoms with van der Waals surface area (Å²) in [4.78, 5) is 1.53. The van der Waals surface area contributed by atoms with Gasteiger partial charge in [-0.1, -0.05) is 15.9 Å². The number of nitrogens with zero attached hydrogens (tertiary/aromatic N) is 1. The average Bonchev–Trinajstić information content (AvgIpc) is 2.08. The zero-order valence-electron chi connectivity index (χ0n) is 7.46. The van der Waals surface area contributed by atoms with Crippen LogP contribution in [0.25, 0.3) is 0 Å². The Kier molecular flexibility index (Phi) is 3.41. The van der Waals surface area contributed by atoms with Gasteiger partial charge in [0.25, 0.3) is 0 Å². The highest BCUT2D eigenvalue weighted by molar-refractivity contribution is 9.10. The Labute approximate surface area is 85.1 Å². The molecular formula is C9H11BrFNO. The number of halogens is 2. The highest BCUT2D eigenvalue weighted by Crippen LogP contribution is 2.22. The highest BCUT2D eigenvalue weighted by atomic mass is 79.9. The van der Waals surface area contributed by atoms with Crippen molar-refractivity contribution in [2.75, 3.05) is 14.1 Å². The van der Waals surface area contributed by atoms with Crippen LogP contribution in [0.15, 0.2) is 22.7 Å². The summed E-state index contributed by atoms with van der Waals surface area (Å²) in [5, 5.41) is 9.57. The third-order valence-corrected chi connectivity index (χ3v) is 2.22. The highest BCUT2D eigenvalue weighted by Gasteiger charge is 2.14. The molecule has 1 unspecified atom stereocenters. The zero-order valence-corrected chi connectivity index (χ0v) is 9.05. The van der Waals surface area contributed by atoms with Crippen molar-refractivity contribution < 1.29 is 9.50 Å². The number of hydrogen-bond acceptors (Lipinski definition) is 2. The first-order valence-corrected chi connectivity index (χ1v) is 4.61. The second-order valence-corrected chi connectivity index (χ2v) is 3.92. The van der Waals surface area contributed by atoms with E-state index in [1.54, 1.807) is 26.2 Å². The van der Waals surface area contributed by atoms with Gasteiger partial charge >= 0.3 is 0 Å². The molecule has 0 aliphatic carbocycles. The SMILES string of the molecule is CN(C)C(O)c1cc(Br)ccc1F. The van der Waals surface area contributed by atoms with Crippen LogP contribution in [0.2, 0.25) is 0 Å². The van der Waals surface area contributed by atoms with E-state index in [2.05, 4.69) is 15.9 Å². The molecule has 0 amide bonds. The summed E-state index contributed by atoms with van der Waals surface area (Å²) in [5.41, 5.74) is 0.277. The number of aliphatic hydroxyl groups is 1. The van der Waals surface area contributed by atoms with Gasteiger partial charge in [0.2, 0.25) is 0 Å². The molecule has 0 saturated carbocycles. The molecule has 0 aliphatic heterocycles. The van der Waals surface area contributed by atoms with E-state index in [-0.39, 0.29) is 5.56 Å². The standard InChI is InChI=1S/C9H11BrFNO/c1-12(2)9(13)7-5-6(10)3-4-8(7)11/h3-5,9,13H,1-2H3.